The normalized spacial score (nSPS) is 11.2. The number of benzene rings is 2. The molecule has 3 rings (SSSR count). The van der Waals surface area contributed by atoms with Gasteiger partial charge in [0.15, 0.2) is 17.5 Å². The molecule has 0 saturated carbocycles. The number of hydrogen-bond donors (Lipinski definition) is 1. The van der Waals surface area contributed by atoms with E-state index in [-0.39, 0.29) is 5.56 Å². The van der Waals surface area contributed by atoms with Gasteiger partial charge < -0.3 is 4.98 Å². The van der Waals surface area contributed by atoms with Gasteiger partial charge in [-0.15, -0.1) is 0 Å². The second kappa shape index (κ2) is 4.31. The van der Waals surface area contributed by atoms with Gasteiger partial charge >= 0.3 is 0 Å². The van der Waals surface area contributed by atoms with Crippen LogP contribution in [0.4, 0.5) is 13.2 Å². The smallest absolute Gasteiger partial charge is 0.194 e. The molecule has 0 aliphatic heterocycles. The Morgan fingerprint density at radius 2 is 1.58 bits per heavy atom. The van der Waals surface area contributed by atoms with E-state index in [0.29, 0.717) is 10.7 Å². The first-order chi connectivity index (χ1) is 9.04. The third kappa shape index (κ3) is 2.08. The minimum Gasteiger partial charge on any atom is -0.355 e. The minimum absolute atomic E-state index is 0.240. The summed E-state index contributed by atoms with van der Waals surface area (Å²) in [6, 6.07) is 8.79. The predicted molar refractivity (Wildman–Crippen MR) is 68.6 cm³/mol. The van der Waals surface area contributed by atoms with Crippen LogP contribution in [0.3, 0.4) is 0 Å². The maximum atomic E-state index is 13.2. The molecule has 1 heterocycles. The van der Waals surface area contributed by atoms with E-state index in [1.165, 1.54) is 0 Å². The molecule has 0 unspecified atom stereocenters. The summed E-state index contributed by atoms with van der Waals surface area (Å²) in [5, 5.41) is 1.38. The summed E-state index contributed by atoms with van der Waals surface area (Å²) in [6.07, 6.45) is 0. The van der Waals surface area contributed by atoms with E-state index >= 15 is 0 Å². The van der Waals surface area contributed by atoms with E-state index in [1.54, 1.807) is 24.3 Å². The van der Waals surface area contributed by atoms with Gasteiger partial charge in [-0.3, -0.25) is 0 Å². The van der Waals surface area contributed by atoms with Crippen molar-refractivity contribution in [2.75, 3.05) is 0 Å². The average molecular weight is 282 g/mol. The van der Waals surface area contributed by atoms with E-state index in [2.05, 4.69) is 4.98 Å². The number of halogens is 4. The fourth-order valence-corrected chi connectivity index (χ4v) is 2.15. The first-order valence-electron chi connectivity index (χ1n) is 5.48. The summed E-state index contributed by atoms with van der Waals surface area (Å²) in [4.78, 5) is 3.00. The van der Waals surface area contributed by atoms with Crippen LogP contribution in [0.2, 0.25) is 5.02 Å². The van der Waals surface area contributed by atoms with Crippen molar-refractivity contribution in [1.82, 2.24) is 4.98 Å². The zero-order valence-corrected chi connectivity index (χ0v) is 10.2. The van der Waals surface area contributed by atoms with Crippen LogP contribution >= 0.6 is 11.6 Å². The maximum absolute atomic E-state index is 13.2. The number of H-pyrrole nitrogens is 1. The van der Waals surface area contributed by atoms with Crippen molar-refractivity contribution in [2.45, 2.75) is 0 Å². The lowest BCUT2D eigenvalue weighted by Gasteiger charge is -2.00. The van der Waals surface area contributed by atoms with E-state index in [9.17, 15) is 13.2 Å². The van der Waals surface area contributed by atoms with Gasteiger partial charge in [-0.2, -0.15) is 0 Å². The molecule has 2 aromatic carbocycles. The van der Waals surface area contributed by atoms with E-state index in [4.69, 9.17) is 11.6 Å². The van der Waals surface area contributed by atoms with Crippen LogP contribution in [0, 0.1) is 17.5 Å². The molecule has 1 N–H and O–H groups in total. The summed E-state index contributed by atoms with van der Waals surface area (Å²) < 4.78 is 39.3. The lowest BCUT2D eigenvalue weighted by Crippen LogP contribution is -1.91. The molecule has 0 fully saturated rings. The Balaban J connectivity index is 2.19. The van der Waals surface area contributed by atoms with Gasteiger partial charge in [0.05, 0.1) is 0 Å². The molecule has 1 nitrogen and oxygen atoms in total. The summed E-state index contributed by atoms with van der Waals surface area (Å²) in [5.74, 6) is -3.90. The number of nitrogens with one attached hydrogen (secondary N) is 1. The van der Waals surface area contributed by atoms with E-state index in [0.717, 1.165) is 23.0 Å². The molecule has 19 heavy (non-hydrogen) atoms. The Labute approximate surface area is 111 Å². The summed E-state index contributed by atoms with van der Waals surface area (Å²) in [5.41, 5.74) is 1.52. The van der Waals surface area contributed by atoms with Crippen molar-refractivity contribution in [3.05, 3.63) is 58.9 Å². The number of hydrogen-bond acceptors (Lipinski definition) is 0. The van der Waals surface area contributed by atoms with Gasteiger partial charge in [0.2, 0.25) is 0 Å². The van der Waals surface area contributed by atoms with E-state index < -0.39 is 17.5 Å². The minimum atomic E-state index is -1.47. The zero-order valence-electron chi connectivity index (χ0n) is 9.48. The highest BCUT2D eigenvalue weighted by molar-refractivity contribution is 6.31. The van der Waals surface area contributed by atoms with Crippen molar-refractivity contribution in [2.24, 2.45) is 0 Å². The number of rotatable bonds is 1. The van der Waals surface area contributed by atoms with E-state index in [1.807, 2.05) is 0 Å². The molecule has 5 heteroatoms. The van der Waals surface area contributed by atoms with Crippen LogP contribution in [-0.2, 0) is 0 Å². The van der Waals surface area contributed by atoms with Gasteiger partial charge in [0.25, 0.3) is 0 Å². The Morgan fingerprint density at radius 3 is 2.26 bits per heavy atom. The van der Waals surface area contributed by atoms with Crippen LogP contribution in [0.15, 0.2) is 36.4 Å². The lowest BCUT2D eigenvalue weighted by molar-refractivity contribution is 0.447. The second-order valence-electron chi connectivity index (χ2n) is 4.17. The Morgan fingerprint density at radius 1 is 0.895 bits per heavy atom. The third-order valence-electron chi connectivity index (χ3n) is 2.88. The fourth-order valence-electron chi connectivity index (χ4n) is 1.97. The number of fused-ring (bicyclic) bond motifs is 1. The van der Waals surface area contributed by atoms with Crippen molar-refractivity contribution < 1.29 is 13.2 Å². The third-order valence-corrected chi connectivity index (χ3v) is 3.11. The average Bonchev–Trinajstić information content (AvgIpc) is 2.78. The highest BCUT2D eigenvalue weighted by Gasteiger charge is 2.13. The van der Waals surface area contributed by atoms with Crippen LogP contribution < -0.4 is 0 Å². The van der Waals surface area contributed by atoms with Crippen molar-refractivity contribution in [3.63, 3.8) is 0 Å². The molecule has 3 aromatic rings. The first-order valence-corrected chi connectivity index (χ1v) is 5.85. The summed E-state index contributed by atoms with van der Waals surface area (Å²) >= 11 is 5.86. The molecule has 0 atom stereocenters. The Bertz CT molecular complexity index is 756. The first kappa shape index (κ1) is 12.1. The highest BCUT2D eigenvalue weighted by Crippen LogP contribution is 2.28. The van der Waals surface area contributed by atoms with Crippen molar-refractivity contribution in [1.29, 1.82) is 0 Å². The van der Waals surface area contributed by atoms with Crippen LogP contribution in [0.1, 0.15) is 0 Å². The number of aromatic amines is 1. The molecular formula is C14H7ClF3N. The zero-order chi connectivity index (χ0) is 13.6. The standard InChI is InChI=1S/C14H7ClF3N/c15-9-1-2-12-7(3-9)6-13(19-12)8-4-10(16)14(18)11(17)5-8/h1-6,19H. The Kier molecular flexibility index (Phi) is 2.75. The molecular weight excluding hydrogens is 275 g/mol. The SMILES string of the molecule is Fc1cc(-c2cc3cc(Cl)ccc3[nH]2)cc(F)c1F. The molecule has 0 bridgehead atoms. The van der Waals surface area contributed by atoms with Crippen molar-refractivity contribution in [3.8, 4) is 11.3 Å². The Hall–Kier alpha value is -1.94. The van der Waals surface area contributed by atoms with Gasteiger partial charge in [-0.05, 0) is 36.4 Å². The van der Waals surface area contributed by atoms with Gasteiger partial charge in [0.1, 0.15) is 0 Å². The van der Waals surface area contributed by atoms with Crippen LogP contribution in [-0.4, -0.2) is 4.98 Å². The maximum Gasteiger partial charge on any atom is 0.194 e. The quantitative estimate of drug-likeness (QED) is 0.610. The predicted octanol–water partition coefficient (Wildman–Crippen LogP) is 4.91. The molecule has 0 amide bonds. The monoisotopic (exact) mass is 281 g/mol. The molecule has 0 aliphatic rings. The summed E-state index contributed by atoms with van der Waals surface area (Å²) in [7, 11) is 0. The molecule has 0 aliphatic carbocycles. The largest absolute Gasteiger partial charge is 0.355 e. The van der Waals surface area contributed by atoms with Crippen LogP contribution in [0.5, 0.6) is 0 Å². The molecule has 1 aromatic heterocycles. The second-order valence-corrected chi connectivity index (χ2v) is 4.60. The molecule has 0 spiro atoms. The molecule has 0 radical (unpaired) electrons. The lowest BCUT2D eigenvalue weighted by atomic mass is 10.1. The topological polar surface area (TPSA) is 15.8 Å². The highest BCUT2D eigenvalue weighted by atomic mass is 35.5. The fraction of sp³-hybridized carbons (Fsp3) is 0. The van der Waals surface area contributed by atoms with Crippen molar-refractivity contribution >= 4 is 22.5 Å². The van der Waals surface area contributed by atoms with Gasteiger partial charge in [-0.1, -0.05) is 11.6 Å². The molecule has 96 valence electrons. The van der Waals surface area contributed by atoms with Gasteiger partial charge in [-0.25, -0.2) is 13.2 Å². The van der Waals surface area contributed by atoms with Crippen LogP contribution in [0.25, 0.3) is 22.2 Å². The number of aromatic nitrogens is 1. The van der Waals surface area contributed by atoms with Gasteiger partial charge in [0, 0.05) is 27.2 Å². The summed E-state index contributed by atoms with van der Waals surface area (Å²) in [6.45, 7) is 0. The molecule has 0 saturated heterocycles.